The van der Waals surface area contributed by atoms with Crippen molar-refractivity contribution in [2.45, 2.75) is 31.7 Å². The molecular weight excluding hydrogens is 405 g/mol. The molecule has 2 aromatic rings. The Morgan fingerprint density at radius 3 is 2.20 bits per heavy atom. The van der Waals surface area contributed by atoms with Gasteiger partial charge in [-0.2, -0.15) is 4.31 Å². The molecule has 3 rings (SSSR count). The molecule has 8 heteroatoms. The van der Waals surface area contributed by atoms with Crippen molar-refractivity contribution in [3.63, 3.8) is 0 Å². The fraction of sp³-hybridized carbons (Fsp3) is 0.409. The molecule has 1 fully saturated rings. The van der Waals surface area contributed by atoms with Crippen molar-refractivity contribution in [2.75, 3.05) is 37.6 Å². The van der Waals surface area contributed by atoms with Gasteiger partial charge in [0.1, 0.15) is 10.7 Å². The molecule has 1 aliphatic heterocycles. The molecule has 6 nitrogen and oxygen atoms in total. The topological polar surface area (TPSA) is 60.9 Å². The van der Waals surface area contributed by atoms with Crippen LogP contribution in [0.2, 0.25) is 0 Å². The summed E-state index contributed by atoms with van der Waals surface area (Å²) in [5.41, 5.74) is 2.13. The molecule has 0 bridgehead atoms. The number of benzene rings is 2. The van der Waals surface area contributed by atoms with Gasteiger partial charge >= 0.3 is 0 Å². The zero-order valence-corrected chi connectivity index (χ0v) is 18.4. The Hall–Kier alpha value is -2.45. The fourth-order valence-corrected chi connectivity index (χ4v) is 5.01. The van der Waals surface area contributed by atoms with E-state index >= 15 is 0 Å². The summed E-state index contributed by atoms with van der Waals surface area (Å²) in [7, 11) is -3.92. The molecule has 1 heterocycles. The molecule has 0 aromatic heterocycles. The van der Waals surface area contributed by atoms with Crippen molar-refractivity contribution in [1.29, 1.82) is 0 Å². The number of halogens is 1. The molecule has 30 heavy (non-hydrogen) atoms. The van der Waals surface area contributed by atoms with Gasteiger partial charge in [-0.05, 0) is 45.0 Å². The van der Waals surface area contributed by atoms with Crippen LogP contribution in [0.15, 0.2) is 53.4 Å². The van der Waals surface area contributed by atoms with Crippen LogP contribution < -0.4 is 4.90 Å². The second kappa shape index (κ2) is 9.14. The molecule has 0 spiro atoms. The summed E-state index contributed by atoms with van der Waals surface area (Å²) in [6.45, 7) is 7.17. The van der Waals surface area contributed by atoms with Gasteiger partial charge in [-0.1, -0.05) is 29.8 Å². The summed E-state index contributed by atoms with van der Waals surface area (Å²) in [6.07, 6.45) is 0. The lowest BCUT2D eigenvalue weighted by atomic mass is 10.2. The van der Waals surface area contributed by atoms with Crippen LogP contribution in [0.5, 0.6) is 0 Å². The highest BCUT2D eigenvalue weighted by molar-refractivity contribution is 7.89. The first kappa shape index (κ1) is 22.2. The Balaban J connectivity index is 1.65. The van der Waals surface area contributed by atoms with Crippen LogP contribution in [0, 0.1) is 12.7 Å². The smallest absolute Gasteiger partial charge is 0.246 e. The van der Waals surface area contributed by atoms with Crippen LogP contribution in [0.4, 0.5) is 10.1 Å². The van der Waals surface area contributed by atoms with Gasteiger partial charge in [-0.25, -0.2) is 12.8 Å². The van der Waals surface area contributed by atoms with Crippen molar-refractivity contribution < 1.29 is 17.6 Å². The second-order valence-corrected chi connectivity index (χ2v) is 9.68. The Morgan fingerprint density at radius 2 is 1.63 bits per heavy atom. The standard InChI is InChI=1S/C22H28FN3O3S/c1-17(2)26(19-10-8-18(3)9-11-19)16-22(27)24-12-14-25(15-13-24)30(28,29)21-7-5-4-6-20(21)23/h4-11,17H,12-16H2,1-3H3. The van der Waals surface area contributed by atoms with Crippen molar-refractivity contribution in [3.05, 3.63) is 59.9 Å². The van der Waals surface area contributed by atoms with E-state index in [0.717, 1.165) is 17.3 Å². The number of hydrogen-bond donors (Lipinski definition) is 0. The van der Waals surface area contributed by atoms with Gasteiger partial charge in [-0.15, -0.1) is 0 Å². The fourth-order valence-electron chi connectivity index (χ4n) is 3.52. The Morgan fingerprint density at radius 1 is 1.03 bits per heavy atom. The highest BCUT2D eigenvalue weighted by Crippen LogP contribution is 2.21. The number of sulfonamides is 1. The van der Waals surface area contributed by atoms with Gasteiger partial charge in [0.2, 0.25) is 15.9 Å². The van der Waals surface area contributed by atoms with Crippen molar-refractivity contribution in [3.8, 4) is 0 Å². The van der Waals surface area contributed by atoms with E-state index in [2.05, 4.69) is 0 Å². The van der Waals surface area contributed by atoms with E-state index < -0.39 is 15.8 Å². The number of piperazine rings is 1. The minimum atomic E-state index is -3.92. The number of hydrogen-bond acceptors (Lipinski definition) is 4. The Kier molecular flexibility index (Phi) is 6.77. The van der Waals surface area contributed by atoms with E-state index in [1.165, 1.54) is 22.5 Å². The largest absolute Gasteiger partial charge is 0.360 e. The molecule has 0 unspecified atom stereocenters. The summed E-state index contributed by atoms with van der Waals surface area (Å²) < 4.78 is 40.7. The molecule has 1 aliphatic rings. The Bertz CT molecular complexity index is 985. The number of anilines is 1. The number of carbonyl (C=O) groups is 1. The molecule has 0 N–H and O–H groups in total. The van der Waals surface area contributed by atoms with Gasteiger partial charge < -0.3 is 9.80 Å². The lowest BCUT2D eigenvalue weighted by Crippen LogP contribution is -2.53. The number of rotatable bonds is 6. The first-order valence-corrected chi connectivity index (χ1v) is 11.5. The monoisotopic (exact) mass is 433 g/mol. The molecule has 0 radical (unpaired) electrons. The van der Waals surface area contributed by atoms with E-state index in [-0.39, 0.29) is 49.6 Å². The van der Waals surface area contributed by atoms with E-state index in [9.17, 15) is 17.6 Å². The number of amides is 1. The van der Waals surface area contributed by atoms with Crippen LogP contribution in [0.1, 0.15) is 19.4 Å². The first-order valence-electron chi connectivity index (χ1n) is 10.1. The van der Waals surface area contributed by atoms with Crippen molar-refractivity contribution in [2.24, 2.45) is 0 Å². The van der Waals surface area contributed by atoms with E-state index in [1.54, 1.807) is 4.90 Å². The summed E-state index contributed by atoms with van der Waals surface area (Å²) in [6, 6.07) is 13.5. The van der Waals surface area contributed by atoms with Crippen LogP contribution in [-0.2, 0) is 14.8 Å². The zero-order chi connectivity index (χ0) is 21.9. The third-order valence-electron chi connectivity index (χ3n) is 5.34. The van der Waals surface area contributed by atoms with Gasteiger partial charge in [0, 0.05) is 37.9 Å². The van der Waals surface area contributed by atoms with Crippen LogP contribution >= 0.6 is 0 Å². The van der Waals surface area contributed by atoms with Crippen LogP contribution in [0.25, 0.3) is 0 Å². The average molecular weight is 434 g/mol. The lowest BCUT2D eigenvalue weighted by molar-refractivity contribution is -0.130. The molecule has 2 aromatic carbocycles. The van der Waals surface area contributed by atoms with Crippen LogP contribution in [0.3, 0.4) is 0 Å². The minimum Gasteiger partial charge on any atom is -0.360 e. The molecule has 0 saturated carbocycles. The summed E-state index contributed by atoms with van der Waals surface area (Å²) in [4.78, 5) is 16.3. The lowest BCUT2D eigenvalue weighted by Gasteiger charge is -2.36. The van der Waals surface area contributed by atoms with Gasteiger partial charge in [0.05, 0.1) is 6.54 Å². The molecule has 0 atom stereocenters. The second-order valence-electron chi connectivity index (χ2n) is 7.77. The number of nitrogens with zero attached hydrogens (tertiary/aromatic N) is 3. The van der Waals surface area contributed by atoms with Gasteiger partial charge in [0.25, 0.3) is 0 Å². The van der Waals surface area contributed by atoms with E-state index in [4.69, 9.17) is 0 Å². The minimum absolute atomic E-state index is 0.0489. The highest BCUT2D eigenvalue weighted by Gasteiger charge is 2.32. The highest BCUT2D eigenvalue weighted by atomic mass is 32.2. The van der Waals surface area contributed by atoms with Crippen molar-refractivity contribution in [1.82, 2.24) is 9.21 Å². The third kappa shape index (κ3) is 4.82. The van der Waals surface area contributed by atoms with Crippen molar-refractivity contribution >= 4 is 21.6 Å². The van der Waals surface area contributed by atoms with Crippen LogP contribution in [-0.4, -0.2) is 62.3 Å². The normalized spacial score (nSPS) is 15.4. The number of carbonyl (C=O) groups excluding carboxylic acids is 1. The summed E-state index contributed by atoms with van der Waals surface area (Å²) in [5, 5.41) is 0. The van der Waals surface area contributed by atoms with Gasteiger partial charge in [-0.3, -0.25) is 4.79 Å². The van der Waals surface area contributed by atoms with E-state index in [0.29, 0.717) is 0 Å². The summed E-state index contributed by atoms with van der Waals surface area (Å²) >= 11 is 0. The Labute approximate surface area is 177 Å². The SMILES string of the molecule is Cc1ccc(N(CC(=O)N2CCN(S(=O)(=O)c3ccccc3F)CC2)C(C)C)cc1. The predicted molar refractivity (Wildman–Crippen MR) is 115 cm³/mol. The maximum Gasteiger partial charge on any atom is 0.246 e. The molecule has 1 amide bonds. The first-order chi connectivity index (χ1) is 14.2. The zero-order valence-electron chi connectivity index (χ0n) is 17.6. The molecular formula is C22H28FN3O3S. The maximum absolute atomic E-state index is 14.0. The number of aryl methyl sites for hydroxylation is 1. The average Bonchev–Trinajstić information content (AvgIpc) is 2.72. The quantitative estimate of drug-likeness (QED) is 0.703. The predicted octanol–water partition coefficient (Wildman–Crippen LogP) is 2.88. The third-order valence-corrected chi connectivity index (χ3v) is 7.27. The molecule has 1 saturated heterocycles. The molecule has 0 aliphatic carbocycles. The van der Waals surface area contributed by atoms with Gasteiger partial charge in [0.15, 0.2) is 0 Å². The summed E-state index contributed by atoms with van der Waals surface area (Å²) in [5.74, 6) is -0.811. The maximum atomic E-state index is 14.0. The van der Waals surface area contributed by atoms with E-state index in [1.807, 2.05) is 49.9 Å². The molecule has 162 valence electrons.